The van der Waals surface area contributed by atoms with Crippen molar-refractivity contribution in [1.82, 2.24) is 0 Å². The van der Waals surface area contributed by atoms with E-state index in [0.717, 1.165) is 6.42 Å². The topological polar surface area (TPSA) is 20.2 Å². The van der Waals surface area contributed by atoms with Crippen LogP contribution in [0.25, 0.3) is 0 Å². The molecule has 0 unspecified atom stereocenters. The van der Waals surface area contributed by atoms with Gasteiger partial charge in [-0.3, -0.25) is 0 Å². The summed E-state index contributed by atoms with van der Waals surface area (Å²) in [6.45, 7) is 5.80. The maximum atomic E-state index is 8.42. The predicted molar refractivity (Wildman–Crippen MR) is 31.1 cm³/mol. The van der Waals surface area contributed by atoms with Gasteiger partial charge >= 0.3 is 0 Å². The first-order valence-corrected chi connectivity index (χ1v) is 2.53. The van der Waals surface area contributed by atoms with Crippen LogP contribution >= 0.6 is 0 Å². The second kappa shape index (κ2) is 3.88. The average molecular weight is 100 g/mol. The number of rotatable bonds is 3. The van der Waals surface area contributed by atoms with E-state index in [1.54, 1.807) is 0 Å². The van der Waals surface area contributed by atoms with Crippen molar-refractivity contribution in [2.75, 3.05) is 6.61 Å². The highest BCUT2D eigenvalue weighted by Crippen LogP contribution is 1.97. The molecule has 0 aromatic rings. The second-order valence-corrected chi connectivity index (χ2v) is 1.81. The molecule has 42 valence electrons. The van der Waals surface area contributed by atoms with Gasteiger partial charge in [0.05, 0.1) is 0 Å². The number of aliphatic hydroxyl groups is 1. The molecule has 0 aliphatic heterocycles. The average Bonchev–Trinajstić information content (AvgIpc) is 1.68. The minimum atomic E-state index is 0.270. The van der Waals surface area contributed by atoms with Crippen molar-refractivity contribution >= 4 is 0 Å². The van der Waals surface area contributed by atoms with E-state index in [0.29, 0.717) is 5.92 Å². The van der Waals surface area contributed by atoms with Gasteiger partial charge in [0, 0.05) is 6.61 Å². The fraction of sp³-hybridized carbons (Fsp3) is 0.667. The normalized spacial score (nSPS) is 13.4. The smallest absolute Gasteiger partial charge is 0.0459 e. The number of allylic oxidation sites excluding steroid dienone is 1. The third-order valence-corrected chi connectivity index (χ3v) is 0.881. The Bertz CT molecular complexity index is 50.1. The first-order chi connectivity index (χ1) is 3.31. The van der Waals surface area contributed by atoms with Crippen LogP contribution in [0.4, 0.5) is 0 Å². The second-order valence-electron chi connectivity index (χ2n) is 1.81. The minimum Gasteiger partial charge on any atom is -0.396 e. The van der Waals surface area contributed by atoms with Crippen LogP contribution in [0.2, 0.25) is 0 Å². The molecule has 0 radical (unpaired) electrons. The summed E-state index contributed by atoms with van der Waals surface area (Å²) in [4.78, 5) is 0. The summed E-state index contributed by atoms with van der Waals surface area (Å²) in [7, 11) is 0. The van der Waals surface area contributed by atoms with Crippen molar-refractivity contribution in [3.05, 3.63) is 12.7 Å². The highest BCUT2D eigenvalue weighted by molar-refractivity contribution is 4.69. The third kappa shape index (κ3) is 3.53. The number of hydrogen-bond acceptors (Lipinski definition) is 1. The molecule has 7 heavy (non-hydrogen) atoms. The van der Waals surface area contributed by atoms with Gasteiger partial charge in [0.2, 0.25) is 0 Å². The van der Waals surface area contributed by atoms with Crippen molar-refractivity contribution in [3.63, 3.8) is 0 Å². The van der Waals surface area contributed by atoms with Gasteiger partial charge in [-0.25, -0.2) is 0 Å². The monoisotopic (exact) mass is 100 g/mol. The highest BCUT2D eigenvalue weighted by atomic mass is 16.3. The van der Waals surface area contributed by atoms with Crippen molar-refractivity contribution in [3.8, 4) is 0 Å². The molecular weight excluding hydrogens is 88.1 g/mol. The van der Waals surface area contributed by atoms with Gasteiger partial charge < -0.3 is 5.11 Å². The van der Waals surface area contributed by atoms with E-state index in [1.165, 1.54) is 0 Å². The first kappa shape index (κ1) is 6.70. The lowest BCUT2D eigenvalue weighted by molar-refractivity contribution is 0.239. The molecule has 1 atom stereocenters. The Labute approximate surface area is 44.7 Å². The van der Waals surface area contributed by atoms with E-state index >= 15 is 0 Å². The zero-order valence-corrected chi connectivity index (χ0v) is 4.72. The molecular formula is C6H12O. The molecule has 0 aliphatic rings. The minimum absolute atomic E-state index is 0.270. The van der Waals surface area contributed by atoms with Crippen LogP contribution < -0.4 is 0 Å². The summed E-state index contributed by atoms with van der Waals surface area (Å²) >= 11 is 0. The lowest BCUT2D eigenvalue weighted by atomic mass is 10.1. The van der Waals surface area contributed by atoms with Crippen LogP contribution in [-0.2, 0) is 0 Å². The molecule has 0 saturated heterocycles. The SMILES string of the molecule is C=CC[C@H](C)CO. The Morgan fingerprint density at radius 3 is 2.57 bits per heavy atom. The summed E-state index contributed by atoms with van der Waals surface area (Å²) in [5, 5.41) is 8.42. The Kier molecular flexibility index (Phi) is 3.71. The molecule has 0 aliphatic carbocycles. The van der Waals surface area contributed by atoms with Gasteiger partial charge in [0.1, 0.15) is 0 Å². The van der Waals surface area contributed by atoms with Crippen LogP contribution in [0.15, 0.2) is 12.7 Å². The van der Waals surface area contributed by atoms with Crippen LogP contribution in [-0.4, -0.2) is 11.7 Å². The summed E-state index contributed by atoms with van der Waals surface area (Å²) in [5.74, 6) is 0.387. The highest BCUT2D eigenvalue weighted by Gasteiger charge is 1.92. The Balaban J connectivity index is 2.98. The molecule has 1 nitrogen and oxygen atoms in total. The van der Waals surface area contributed by atoms with Gasteiger partial charge in [-0.15, -0.1) is 6.58 Å². The Morgan fingerprint density at radius 2 is 2.43 bits per heavy atom. The van der Waals surface area contributed by atoms with E-state index in [-0.39, 0.29) is 6.61 Å². The van der Waals surface area contributed by atoms with Gasteiger partial charge in [0.25, 0.3) is 0 Å². The summed E-state index contributed by atoms with van der Waals surface area (Å²) in [6, 6.07) is 0. The third-order valence-electron chi connectivity index (χ3n) is 0.881. The quantitative estimate of drug-likeness (QED) is 0.528. The zero-order valence-electron chi connectivity index (χ0n) is 4.72. The van der Waals surface area contributed by atoms with E-state index in [1.807, 2.05) is 13.0 Å². The van der Waals surface area contributed by atoms with Crippen molar-refractivity contribution in [2.24, 2.45) is 5.92 Å². The van der Waals surface area contributed by atoms with Crippen LogP contribution in [0.1, 0.15) is 13.3 Å². The number of hydrogen-bond donors (Lipinski definition) is 1. The molecule has 0 bridgehead atoms. The maximum absolute atomic E-state index is 8.42. The van der Waals surface area contributed by atoms with E-state index in [2.05, 4.69) is 6.58 Å². The van der Waals surface area contributed by atoms with Crippen molar-refractivity contribution in [1.29, 1.82) is 0 Å². The molecule has 0 aromatic carbocycles. The number of aliphatic hydroxyl groups excluding tert-OH is 1. The van der Waals surface area contributed by atoms with Crippen LogP contribution in [0.5, 0.6) is 0 Å². The van der Waals surface area contributed by atoms with Gasteiger partial charge in [0.15, 0.2) is 0 Å². The summed E-state index contributed by atoms with van der Waals surface area (Å²) in [6.07, 6.45) is 2.73. The maximum Gasteiger partial charge on any atom is 0.0459 e. The fourth-order valence-electron chi connectivity index (χ4n) is 0.359. The van der Waals surface area contributed by atoms with E-state index in [4.69, 9.17) is 5.11 Å². The fourth-order valence-corrected chi connectivity index (χ4v) is 0.359. The lowest BCUT2D eigenvalue weighted by Crippen LogP contribution is -1.96. The molecule has 0 heterocycles. The molecule has 1 heteroatoms. The molecule has 0 aromatic heterocycles. The molecule has 0 rings (SSSR count). The van der Waals surface area contributed by atoms with Gasteiger partial charge in [-0.2, -0.15) is 0 Å². The Hall–Kier alpha value is -0.300. The van der Waals surface area contributed by atoms with Crippen molar-refractivity contribution < 1.29 is 5.11 Å². The van der Waals surface area contributed by atoms with Crippen molar-refractivity contribution in [2.45, 2.75) is 13.3 Å². The molecule has 0 amide bonds. The van der Waals surface area contributed by atoms with Crippen LogP contribution in [0, 0.1) is 5.92 Å². The van der Waals surface area contributed by atoms with E-state index < -0.39 is 0 Å². The van der Waals surface area contributed by atoms with Crippen LogP contribution in [0.3, 0.4) is 0 Å². The lowest BCUT2D eigenvalue weighted by Gasteiger charge is -1.99. The van der Waals surface area contributed by atoms with Gasteiger partial charge in [-0.05, 0) is 12.3 Å². The molecule has 0 spiro atoms. The Morgan fingerprint density at radius 1 is 1.86 bits per heavy atom. The summed E-state index contributed by atoms with van der Waals surface area (Å²) < 4.78 is 0. The first-order valence-electron chi connectivity index (χ1n) is 2.53. The van der Waals surface area contributed by atoms with E-state index in [9.17, 15) is 0 Å². The molecule has 1 N–H and O–H groups in total. The standard InChI is InChI=1S/C6H12O/c1-3-4-6(2)5-7/h3,6-7H,1,4-5H2,2H3/t6-/m0/s1. The van der Waals surface area contributed by atoms with Gasteiger partial charge in [-0.1, -0.05) is 13.0 Å². The molecule has 0 fully saturated rings. The predicted octanol–water partition coefficient (Wildman–Crippen LogP) is 1.19. The summed E-state index contributed by atoms with van der Waals surface area (Å²) in [5.41, 5.74) is 0. The zero-order chi connectivity index (χ0) is 5.70. The largest absolute Gasteiger partial charge is 0.396 e. The molecule has 0 saturated carbocycles.